The molecule has 0 fully saturated rings. The molecule has 0 radical (unpaired) electrons. The number of rotatable bonds is 3. The van der Waals surface area contributed by atoms with Gasteiger partial charge >= 0.3 is 6.03 Å². The maximum atomic E-state index is 13.4. The molecule has 158 valence electrons. The predicted molar refractivity (Wildman–Crippen MR) is 127 cm³/mol. The average Bonchev–Trinajstić information content (AvgIpc) is 2.83. The van der Waals surface area contributed by atoms with Gasteiger partial charge in [-0.2, -0.15) is 0 Å². The van der Waals surface area contributed by atoms with E-state index in [-0.39, 0.29) is 5.91 Å². The number of benzene rings is 3. The van der Waals surface area contributed by atoms with E-state index < -0.39 is 6.03 Å². The van der Waals surface area contributed by atoms with Crippen molar-refractivity contribution in [2.75, 3.05) is 16.8 Å². The van der Waals surface area contributed by atoms with E-state index in [4.69, 9.17) is 10.7 Å². The van der Waals surface area contributed by atoms with Crippen molar-refractivity contribution in [1.82, 2.24) is 4.98 Å². The van der Waals surface area contributed by atoms with E-state index in [9.17, 15) is 9.59 Å². The Kier molecular flexibility index (Phi) is 5.03. The number of pyridine rings is 1. The first kappa shape index (κ1) is 19.8. The van der Waals surface area contributed by atoms with Gasteiger partial charge in [-0.3, -0.25) is 9.69 Å². The number of hydrogen-bond donors (Lipinski definition) is 2. The minimum absolute atomic E-state index is 0.234. The number of aromatic nitrogens is 1. The van der Waals surface area contributed by atoms with Crippen LogP contribution in [0.25, 0.3) is 22.2 Å². The number of amides is 3. The second-order valence-electron chi connectivity index (χ2n) is 7.83. The third-order valence-electron chi connectivity index (χ3n) is 5.76. The van der Waals surface area contributed by atoms with Gasteiger partial charge in [-0.1, -0.05) is 54.6 Å². The van der Waals surface area contributed by atoms with Gasteiger partial charge in [-0.05, 0) is 42.7 Å². The number of anilines is 2. The summed E-state index contributed by atoms with van der Waals surface area (Å²) in [4.78, 5) is 31.5. The minimum Gasteiger partial charge on any atom is -0.351 e. The summed E-state index contributed by atoms with van der Waals surface area (Å²) in [6.45, 7) is 0.579. The minimum atomic E-state index is -0.484. The molecule has 0 spiro atoms. The van der Waals surface area contributed by atoms with Crippen molar-refractivity contribution >= 4 is 34.2 Å². The zero-order chi connectivity index (χ0) is 22.1. The van der Waals surface area contributed by atoms with Gasteiger partial charge in [0.05, 0.1) is 22.5 Å². The number of fused-ring (bicyclic) bond motifs is 2. The second-order valence-corrected chi connectivity index (χ2v) is 7.83. The molecule has 0 saturated heterocycles. The fraction of sp³-hybridized carbons (Fsp3) is 0.115. The number of carbonyl (C=O) groups is 2. The highest BCUT2D eigenvalue weighted by Crippen LogP contribution is 2.31. The van der Waals surface area contributed by atoms with Crippen molar-refractivity contribution in [3.8, 4) is 11.3 Å². The van der Waals surface area contributed by atoms with E-state index >= 15 is 0 Å². The first-order valence-electron chi connectivity index (χ1n) is 10.6. The second kappa shape index (κ2) is 8.15. The van der Waals surface area contributed by atoms with Crippen LogP contribution in [0.2, 0.25) is 0 Å². The van der Waals surface area contributed by atoms with Crippen LogP contribution in [-0.4, -0.2) is 23.5 Å². The summed E-state index contributed by atoms with van der Waals surface area (Å²) >= 11 is 0. The molecule has 0 aliphatic carbocycles. The van der Waals surface area contributed by atoms with Crippen LogP contribution in [0.5, 0.6) is 0 Å². The number of primary amides is 1. The summed E-state index contributed by atoms with van der Waals surface area (Å²) in [5.74, 6) is -0.234. The van der Waals surface area contributed by atoms with Gasteiger partial charge in [-0.25, -0.2) is 9.78 Å². The molecule has 0 atom stereocenters. The van der Waals surface area contributed by atoms with Crippen LogP contribution in [0.3, 0.4) is 0 Å². The Labute approximate surface area is 185 Å². The van der Waals surface area contributed by atoms with Gasteiger partial charge in [0.1, 0.15) is 0 Å². The molecule has 0 bridgehead atoms. The van der Waals surface area contributed by atoms with Crippen molar-refractivity contribution in [3.63, 3.8) is 0 Å². The third-order valence-corrected chi connectivity index (χ3v) is 5.76. The van der Waals surface area contributed by atoms with Crippen molar-refractivity contribution in [2.45, 2.75) is 12.8 Å². The summed E-state index contributed by atoms with van der Waals surface area (Å²) in [7, 11) is 0. The van der Waals surface area contributed by atoms with Crippen LogP contribution in [0, 0.1) is 0 Å². The van der Waals surface area contributed by atoms with Crippen LogP contribution in [-0.2, 0) is 6.42 Å². The molecule has 5 rings (SSSR count). The molecule has 32 heavy (non-hydrogen) atoms. The van der Waals surface area contributed by atoms with Crippen molar-refractivity contribution in [1.29, 1.82) is 0 Å². The Morgan fingerprint density at radius 2 is 1.72 bits per heavy atom. The quantitative estimate of drug-likeness (QED) is 0.488. The van der Waals surface area contributed by atoms with Crippen molar-refractivity contribution in [2.24, 2.45) is 5.73 Å². The molecule has 0 unspecified atom stereocenters. The topological polar surface area (TPSA) is 88.3 Å². The number of nitrogens with zero attached hydrogens (tertiary/aromatic N) is 2. The van der Waals surface area contributed by atoms with Gasteiger partial charge in [-0.15, -0.1) is 0 Å². The van der Waals surface area contributed by atoms with E-state index in [0.29, 0.717) is 17.8 Å². The fourth-order valence-electron chi connectivity index (χ4n) is 4.20. The van der Waals surface area contributed by atoms with Crippen molar-refractivity contribution in [3.05, 3.63) is 90.0 Å². The Bertz CT molecular complexity index is 1330. The van der Waals surface area contributed by atoms with E-state index in [2.05, 4.69) is 5.32 Å². The van der Waals surface area contributed by atoms with Gasteiger partial charge < -0.3 is 11.1 Å². The number of nitrogens with one attached hydrogen (secondary N) is 1. The highest BCUT2D eigenvalue weighted by Gasteiger charge is 2.22. The Morgan fingerprint density at radius 1 is 0.938 bits per heavy atom. The maximum absolute atomic E-state index is 13.4. The predicted octanol–water partition coefficient (Wildman–Crippen LogP) is 4.99. The molecular weight excluding hydrogens is 400 g/mol. The van der Waals surface area contributed by atoms with Crippen LogP contribution < -0.4 is 16.0 Å². The van der Waals surface area contributed by atoms with Crippen molar-refractivity contribution < 1.29 is 9.59 Å². The molecular formula is C26H22N4O2. The lowest BCUT2D eigenvalue weighted by atomic mass is 10.0. The van der Waals surface area contributed by atoms with E-state index in [1.165, 1.54) is 0 Å². The zero-order valence-electron chi connectivity index (χ0n) is 17.4. The number of para-hydroxylation sites is 1. The summed E-state index contributed by atoms with van der Waals surface area (Å²) in [5.41, 5.74) is 10.9. The lowest BCUT2D eigenvalue weighted by Crippen LogP contribution is -2.39. The number of urea groups is 1. The smallest absolute Gasteiger partial charge is 0.319 e. The SMILES string of the molecule is NC(=O)N1CCCc2ccc(NC(=O)c3cc(-c4ccccc4)nc4ccccc34)cc21. The van der Waals surface area contributed by atoms with Gasteiger partial charge in [0.2, 0.25) is 0 Å². The first-order chi connectivity index (χ1) is 15.6. The highest BCUT2D eigenvalue weighted by molar-refractivity contribution is 6.13. The molecule has 0 saturated carbocycles. The molecule has 1 aliphatic rings. The molecule has 3 N–H and O–H groups in total. The summed E-state index contributed by atoms with van der Waals surface area (Å²) in [6.07, 6.45) is 1.75. The summed E-state index contributed by atoms with van der Waals surface area (Å²) < 4.78 is 0. The van der Waals surface area contributed by atoms with Gasteiger partial charge in [0.25, 0.3) is 5.91 Å². The lowest BCUT2D eigenvalue weighted by molar-refractivity contribution is 0.102. The number of nitrogens with two attached hydrogens (primary N) is 1. The van der Waals surface area contributed by atoms with Crippen LogP contribution in [0.15, 0.2) is 78.9 Å². The standard InChI is InChI=1S/C26H22N4O2/c27-26(32)30-14-6-9-18-12-13-19(15-24(18)30)28-25(31)21-16-23(17-7-2-1-3-8-17)29-22-11-5-4-10-20(21)22/h1-5,7-8,10-13,15-16H,6,9,14H2,(H2,27,32)(H,28,31). The molecule has 1 aliphatic heterocycles. The molecule has 3 aromatic carbocycles. The normalized spacial score (nSPS) is 12.9. The summed E-state index contributed by atoms with van der Waals surface area (Å²) in [5, 5.41) is 3.77. The molecule has 3 amide bonds. The van der Waals surface area contributed by atoms with Crippen LogP contribution in [0.4, 0.5) is 16.2 Å². The first-order valence-corrected chi connectivity index (χ1v) is 10.6. The third kappa shape index (κ3) is 3.67. The van der Waals surface area contributed by atoms with Gasteiger partial charge in [0, 0.05) is 23.2 Å². The van der Waals surface area contributed by atoms with Crippen LogP contribution >= 0.6 is 0 Å². The van der Waals surface area contributed by atoms with E-state index in [1.807, 2.05) is 78.9 Å². The number of hydrogen-bond acceptors (Lipinski definition) is 3. The zero-order valence-corrected chi connectivity index (χ0v) is 17.4. The maximum Gasteiger partial charge on any atom is 0.319 e. The van der Waals surface area contributed by atoms with Gasteiger partial charge in [0.15, 0.2) is 0 Å². The molecule has 6 heteroatoms. The average molecular weight is 422 g/mol. The highest BCUT2D eigenvalue weighted by atomic mass is 16.2. The summed E-state index contributed by atoms with van der Waals surface area (Å²) in [6, 6.07) is 24.4. The lowest BCUT2D eigenvalue weighted by Gasteiger charge is -2.28. The Morgan fingerprint density at radius 3 is 2.53 bits per heavy atom. The molecule has 4 aromatic rings. The monoisotopic (exact) mass is 422 g/mol. The number of carbonyl (C=O) groups excluding carboxylic acids is 2. The molecule has 2 heterocycles. The Balaban J connectivity index is 1.53. The Hall–Kier alpha value is -4.19. The molecule has 6 nitrogen and oxygen atoms in total. The molecule has 1 aromatic heterocycles. The van der Waals surface area contributed by atoms with E-state index in [1.54, 1.807) is 4.90 Å². The van der Waals surface area contributed by atoms with E-state index in [0.717, 1.165) is 46.3 Å². The van der Waals surface area contributed by atoms with Crippen LogP contribution in [0.1, 0.15) is 22.3 Å². The fourth-order valence-corrected chi connectivity index (χ4v) is 4.20. The number of aryl methyl sites for hydroxylation is 1. The largest absolute Gasteiger partial charge is 0.351 e.